The Morgan fingerprint density at radius 3 is 2.18 bits per heavy atom. The summed E-state index contributed by atoms with van der Waals surface area (Å²) in [5, 5.41) is 55.4. The molecule has 0 saturated heterocycles. The van der Waals surface area contributed by atoms with Crippen LogP contribution in [0.25, 0.3) is 0 Å². The van der Waals surface area contributed by atoms with Gasteiger partial charge in [0.05, 0.1) is 6.61 Å². The highest BCUT2D eigenvalue weighted by Gasteiger charge is 2.36. The second-order valence-corrected chi connectivity index (χ2v) is 4.40. The van der Waals surface area contributed by atoms with Crippen LogP contribution in [0.3, 0.4) is 0 Å². The summed E-state index contributed by atoms with van der Waals surface area (Å²) in [6.07, 6.45) is -8.36. The van der Waals surface area contributed by atoms with Gasteiger partial charge in [-0.2, -0.15) is 0 Å². The summed E-state index contributed by atoms with van der Waals surface area (Å²) in [7, 11) is 0. The topological polar surface area (TPSA) is 165 Å². The predicted molar refractivity (Wildman–Crippen MR) is 69.6 cm³/mol. The SMILES string of the molecule is O=C(OC(=O)[C@H](O)[C@@H](O)[C@H](O)[C@H](O)CO)c1ccccc1O. The van der Waals surface area contributed by atoms with Crippen molar-refractivity contribution in [1.82, 2.24) is 0 Å². The Bertz CT molecular complexity index is 530. The second kappa shape index (κ2) is 7.82. The first-order chi connectivity index (χ1) is 10.3. The quantitative estimate of drug-likeness (QED) is 0.246. The number of carbonyl (C=O) groups is 2. The number of aromatic hydroxyl groups is 1. The molecule has 0 amide bonds. The van der Waals surface area contributed by atoms with E-state index in [0.29, 0.717) is 0 Å². The molecular formula is C13H16O9. The molecular weight excluding hydrogens is 300 g/mol. The molecule has 0 fully saturated rings. The van der Waals surface area contributed by atoms with Crippen molar-refractivity contribution in [3.63, 3.8) is 0 Å². The third kappa shape index (κ3) is 4.23. The van der Waals surface area contributed by atoms with Crippen molar-refractivity contribution in [2.75, 3.05) is 6.61 Å². The Morgan fingerprint density at radius 1 is 1.05 bits per heavy atom. The van der Waals surface area contributed by atoms with Gasteiger partial charge in [0.25, 0.3) is 0 Å². The van der Waals surface area contributed by atoms with Crippen molar-refractivity contribution in [2.24, 2.45) is 0 Å². The zero-order valence-corrected chi connectivity index (χ0v) is 11.2. The maximum Gasteiger partial charge on any atom is 0.349 e. The monoisotopic (exact) mass is 316 g/mol. The first-order valence-electron chi connectivity index (χ1n) is 6.16. The summed E-state index contributed by atoms with van der Waals surface area (Å²) in [6, 6.07) is 5.17. The van der Waals surface area contributed by atoms with E-state index in [1.54, 1.807) is 0 Å². The van der Waals surface area contributed by atoms with E-state index < -0.39 is 48.7 Å². The second-order valence-electron chi connectivity index (χ2n) is 4.40. The van der Waals surface area contributed by atoms with Gasteiger partial charge in [0.2, 0.25) is 0 Å². The van der Waals surface area contributed by atoms with Gasteiger partial charge in [0.15, 0.2) is 6.10 Å². The molecule has 122 valence electrons. The molecule has 6 N–H and O–H groups in total. The minimum Gasteiger partial charge on any atom is -0.507 e. The van der Waals surface area contributed by atoms with Crippen molar-refractivity contribution in [1.29, 1.82) is 0 Å². The number of benzene rings is 1. The lowest BCUT2D eigenvalue weighted by atomic mass is 10.0. The third-order valence-corrected chi connectivity index (χ3v) is 2.81. The molecule has 1 aromatic rings. The highest BCUT2D eigenvalue weighted by atomic mass is 16.6. The lowest BCUT2D eigenvalue weighted by Gasteiger charge is -2.24. The fraction of sp³-hybridized carbons (Fsp3) is 0.385. The summed E-state index contributed by atoms with van der Waals surface area (Å²) in [6.45, 7) is -0.920. The van der Waals surface area contributed by atoms with E-state index in [1.807, 2.05) is 0 Å². The number of ether oxygens (including phenoxy) is 1. The lowest BCUT2D eigenvalue weighted by molar-refractivity contribution is -0.164. The Kier molecular flexibility index (Phi) is 6.40. The van der Waals surface area contributed by atoms with Crippen LogP contribution >= 0.6 is 0 Å². The largest absolute Gasteiger partial charge is 0.507 e. The van der Waals surface area contributed by atoms with Gasteiger partial charge in [-0.25, -0.2) is 9.59 Å². The van der Waals surface area contributed by atoms with Crippen molar-refractivity contribution < 1.29 is 45.0 Å². The Labute approximate surface area is 124 Å². The van der Waals surface area contributed by atoms with Crippen LogP contribution in [-0.4, -0.2) is 73.6 Å². The smallest absolute Gasteiger partial charge is 0.349 e. The van der Waals surface area contributed by atoms with Crippen molar-refractivity contribution in [3.8, 4) is 5.75 Å². The van der Waals surface area contributed by atoms with Gasteiger partial charge < -0.3 is 35.4 Å². The van der Waals surface area contributed by atoms with E-state index in [1.165, 1.54) is 18.2 Å². The summed E-state index contributed by atoms with van der Waals surface area (Å²) in [4.78, 5) is 23.1. The molecule has 0 aliphatic rings. The van der Waals surface area contributed by atoms with Crippen LogP contribution in [0.1, 0.15) is 10.4 Å². The van der Waals surface area contributed by atoms with E-state index in [-0.39, 0.29) is 5.56 Å². The van der Waals surface area contributed by atoms with Crippen LogP contribution < -0.4 is 0 Å². The van der Waals surface area contributed by atoms with Crippen LogP contribution in [0.4, 0.5) is 0 Å². The third-order valence-electron chi connectivity index (χ3n) is 2.81. The van der Waals surface area contributed by atoms with Crippen molar-refractivity contribution in [3.05, 3.63) is 29.8 Å². The number of phenolic OH excluding ortho intramolecular Hbond substituents is 1. The minimum atomic E-state index is -2.34. The van der Waals surface area contributed by atoms with Crippen LogP contribution in [0, 0.1) is 0 Å². The summed E-state index contributed by atoms with van der Waals surface area (Å²) < 4.78 is 4.26. The zero-order chi connectivity index (χ0) is 16.9. The molecule has 0 aliphatic carbocycles. The first kappa shape index (κ1) is 18.0. The van der Waals surface area contributed by atoms with Crippen LogP contribution in [0.15, 0.2) is 24.3 Å². The maximum atomic E-state index is 11.6. The van der Waals surface area contributed by atoms with Gasteiger partial charge in [-0.3, -0.25) is 0 Å². The molecule has 9 heteroatoms. The van der Waals surface area contributed by atoms with Gasteiger partial charge in [0.1, 0.15) is 29.6 Å². The van der Waals surface area contributed by atoms with E-state index in [2.05, 4.69) is 4.74 Å². The fourth-order valence-electron chi connectivity index (χ4n) is 1.51. The number of esters is 2. The number of aliphatic hydroxyl groups excluding tert-OH is 5. The molecule has 22 heavy (non-hydrogen) atoms. The summed E-state index contributed by atoms with van der Waals surface area (Å²) >= 11 is 0. The number of para-hydroxylation sites is 1. The van der Waals surface area contributed by atoms with Crippen molar-refractivity contribution >= 4 is 11.9 Å². The molecule has 0 heterocycles. The summed E-state index contributed by atoms with van der Waals surface area (Å²) in [5.74, 6) is -3.32. The molecule has 4 atom stereocenters. The molecule has 1 rings (SSSR count). The van der Waals surface area contributed by atoms with Crippen LogP contribution in [0.2, 0.25) is 0 Å². The molecule has 0 unspecified atom stereocenters. The molecule has 9 nitrogen and oxygen atoms in total. The zero-order valence-electron chi connectivity index (χ0n) is 11.2. The standard InChI is InChI=1S/C13H16O9/c14-5-8(16)9(17)10(18)11(19)13(21)22-12(20)6-3-1-2-4-7(6)15/h1-4,8-11,14-19H,5H2/t8-,9-,10+,11-/m1/s1. The van der Waals surface area contributed by atoms with Crippen molar-refractivity contribution in [2.45, 2.75) is 24.4 Å². The van der Waals surface area contributed by atoms with E-state index in [9.17, 15) is 30.0 Å². The normalized spacial score (nSPS) is 16.4. The summed E-state index contributed by atoms with van der Waals surface area (Å²) in [5.41, 5.74) is -0.339. The number of hydrogen-bond donors (Lipinski definition) is 6. The number of hydrogen-bond acceptors (Lipinski definition) is 9. The fourth-order valence-corrected chi connectivity index (χ4v) is 1.51. The molecule has 0 bridgehead atoms. The molecule has 0 spiro atoms. The number of rotatable bonds is 6. The van der Waals surface area contributed by atoms with Gasteiger partial charge >= 0.3 is 11.9 Å². The van der Waals surface area contributed by atoms with Crippen LogP contribution in [-0.2, 0) is 9.53 Å². The number of phenols is 1. The molecule has 0 saturated carbocycles. The van der Waals surface area contributed by atoms with Gasteiger partial charge in [-0.05, 0) is 12.1 Å². The van der Waals surface area contributed by atoms with Gasteiger partial charge in [-0.1, -0.05) is 12.1 Å². The Balaban J connectivity index is 2.72. The number of aliphatic hydroxyl groups is 5. The van der Waals surface area contributed by atoms with Crippen LogP contribution in [0.5, 0.6) is 5.75 Å². The average molecular weight is 316 g/mol. The average Bonchev–Trinajstić information content (AvgIpc) is 2.51. The van der Waals surface area contributed by atoms with Gasteiger partial charge in [0, 0.05) is 0 Å². The molecule has 0 radical (unpaired) electrons. The van der Waals surface area contributed by atoms with Gasteiger partial charge in [-0.15, -0.1) is 0 Å². The lowest BCUT2D eigenvalue weighted by Crippen LogP contribution is -2.49. The highest BCUT2D eigenvalue weighted by molar-refractivity contribution is 5.99. The first-order valence-corrected chi connectivity index (χ1v) is 6.16. The molecule has 1 aromatic carbocycles. The minimum absolute atomic E-state index is 0.339. The van der Waals surface area contributed by atoms with E-state index >= 15 is 0 Å². The van der Waals surface area contributed by atoms with E-state index in [4.69, 9.17) is 10.2 Å². The Morgan fingerprint density at radius 2 is 1.64 bits per heavy atom. The highest BCUT2D eigenvalue weighted by Crippen LogP contribution is 2.17. The molecule has 0 aromatic heterocycles. The van der Waals surface area contributed by atoms with E-state index in [0.717, 1.165) is 6.07 Å². The maximum absolute atomic E-state index is 11.6. The molecule has 0 aliphatic heterocycles. The Hall–Kier alpha value is -2.04. The number of carbonyl (C=O) groups excluding carboxylic acids is 2. The predicted octanol–water partition coefficient (Wildman–Crippen LogP) is -2.49.